The monoisotopic (exact) mass is 365 g/mol. The second kappa shape index (κ2) is 9.57. The van der Waals surface area contributed by atoms with Gasteiger partial charge in [0.15, 0.2) is 0 Å². The highest BCUT2D eigenvalue weighted by molar-refractivity contribution is 6.02. The molecule has 5 nitrogen and oxygen atoms in total. The van der Waals surface area contributed by atoms with Gasteiger partial charge in [-0.15, -0.1) is 0 Å². The molecule has 0 spiro atoms. The molecule has 0 aromatic heterocycles. The van der Waals surface area contributed by atoms with E-state index in [1.165, 1.54) is 6.08 Å². The van der Waals surface area contributed by atoms with Crippen molar-refractivity contribution in [2.24, 2.45) is 0 Å². The van der Waals surface area contributed by atoms with E-state index in [-0.39, 0.29) is 11.8 Å². The fraction of sp³-hybridized carbons (Fsp3) is 0.273. The molecular weight excluding hydrogens is 338 g/mol. The van der Waals surface area contributed by atoms with Gasteiger partial charge in [-0.2, -0.15) is 0 Å². The normalized spacial score (nSPS) is 10.9. The standard InChI is InChI=1S/C22H27N3O2/c1-5-25(16(2)3)20-13-11-19(12-14-20)24-21(26)15-8-17-6-9-18(10-7-17)22(27)23-4/h6-16H,5H2,1-4H3,(H,23,27)(H,24,26)/b15-8+. The number of anilines is 2. The third-order valence-corrected chi connectivity index (χ3v) is 4.26. The third-order valence-electron chi connectivity index (χ3n) is 4.26. The molecule has 0 aliphatic heterocycles. The summed E-state index contributed by atoms with van der Waals surface area (Å²) < 4.78 is 0. The summed E-state index contributed by atoms with van der Waals surface area (Å²) in [5.74, 6) is -0.333. The Morgan fingerprint density at radius 2 is 1.67 bits per heavy atom. The highest BCUT2D eigenvalue weighted by Gasteiger charge is 2.08. The van der Waals surface area contributed by atoms with Gasteiger partial charge in [0.2, 0.25) is 5.91 Å². The van der Waals surface area contributed by atoms with Gasteiger partial charge >= 0.3 is 0 Å². The average molecular weight is 365 g/mol. The number of nitrogens with zero attached hydrogens (tertiary/aromatic N) is 1. The highest BCUT2D eigenvalue weighted by atomic mass is 16.2. The van der Waals surface area contributed by atoms with Gasteiger partial charge in [-0.25, -0.2) is 0 Å². The van der Waals surface area contributed by atoms with Crippen LogP contribution in [0.15, 0.2) is 54.6 Å². The smallest absolute Gasteiger partial charge is 0.251 e. The van der Waals surface area contributed by atoms with Crippen molar-refractivity contribution in [1.82, 2.24) is 5.32 Å². The SMILES string of the molecule is CCN(c1ccc(NC(=O)/C=C/c2ccc(C(=O)NC)cc2)cc1)C(C)C. The Labute approximate surface area is 161 Å². The molecule has 2 N–H and O–H groups in total. The van der Waals surface area contributed by atoms with Gasteiger partial charge in [0.25, 0.3) is 5.91 Å². The molecule has 0 heterocycles. The van der Waals surface area contributed by atoms with Crippen molar-refractivity contribution >= 4 is 29.3 Å². The fourth-order valence-corrected chi connectivity index (χ4v) is 2.83. The van der Waals surface area contributed by atoms with E-state index in [1.54, 1.807) is 37.4 Å². The summed E-state index contributed by atoms with van der Waals surface area (Å²) >= 11 is 0. The van der Waals surface area contributed by atoms with Crippen molar-refractivity contribution < 1.29 is 9.59 Å². The topological polar surface area (TPSA) is 61.4 Å². The van der Waals surface area contributed by atoms with Crippen LogP contribution in [-0.4, -0.2) is 31.4 Å². The predicted molar refractivity (Wildman–Crippen MR) is 112 cm³/mol. The van der Waals surface area contributed by atoms with E-state index in [0.29, 0.717) is 11.6 Å². The van der Waals surface area contributed by atoms with E-state index in [1.807, 2.05) is 24.3 Å². The van der Waals surface area contributed by atoms with E-state index < -0.39 is 0 Å². The van der Waals surface area contributed by atoms with Gasteiger partial charge in [-0.1, -0.05) is 12.1 Å². The Morgan fingerprint density at radius 3 is 2.19 bits per heavy atom. The fourth-order valence-electron chi connectivity index (χ4n) is 2.83. The number of nitrogens with one attached hydrogen (secondary N) is 2. The van der Waals surface area contributed by atoms with Crippen molar-refractivity contribution in [3.63, 3.8) is 0 Å². The minimum Gasteiger partial charge on any atom is -0.369 e. The highest BCUT2D eigenvalue weighted by Crippen LogP contribution is 2.20. The molecule has 2 rings (SSSR count). The number of hydrogen-bond donors (Lipinski definition) is 2. The molecule has 2 aromatic rings. The molecule has 0 unspecified atom stereocenters. The summed E-state index contributed by atoms with van der Waals surface area (Å²) in [6.45, 7) is 7.38. The number of amides is 2. The van der Waals surface area contributed by atoms with Crippen LogP contribution in [0.3, 0.4) is 0 Å². The first-order valence-corrected chi connectivity index (χ1v) is 9.12. The lowest BCUT2D eigenvalue weighted by Crippen LogP contribution is -2.30. The lowest BCUT2D eigenvalue weighted by Gasteiger charge is -2.27. The molecule has 5 heteroatoms. The summed E-state index contributed by atoms with van der Waals surface area (Å²) in [7, 11) is 1.59. The Kier molecular flexibility index (Phi) is 7.17. The van der Waals surface area contributed by atoms with Gasteiger partial charge in [-0.3, -0.25) is 9.59 Å². The molecule has 27 heavy (non-hydrogen) atoms. The van der Waals surface area contributed by atoms with Crippen LogP contribution in [0.1, 0.15) is 36.7 Å². The largest absolute Gasteiger partial charge is 0.369 e. The molecule has 2 amide bonds. The van der Waals surface area contributed by atoms with Crippen LogP contribution in [0.2, 0.25) is 0 Å². The van der Waals surface area contributed by atoms with E-state index in [4.69, 9.17) is 0 Å². The Hall–Kier alpha value is -3.08. The molecule has 0 fully saturated rings. The Bertz CT molecular complexity index is 793. The lowest BCUT2D eigenvalue weighted by molar-refractivity contribution is -0.111. The minimum atomic E-state index is -0.200. The summed E-state index contributed by atoms with van der Waals surface area (Å²) in [6, 6.07) is 15.3. The van der Waals surface area contributed by atoms with Crippen LogP contribution >= 0.6 is 0 Å². The van der Waals surface area contributed by atoms with E-state index in [2.05, 4.69) is 36.3 Å². The van der Waals surface area contributed by atoms with E-state index in [9.17, 15) is 9.59 Å². The van der Waals surface area contributed by atoms with Crippen LogP contribution < -0.4 is 15.5 Å². The lowest BCUT2D eigenvalue weighted by atomic mass is 10.1. The van der Waals surface area contributed by atoms with Gasteiger partial charge < -0.3 is 15.5 Å². The zero-order valence-corrected chi connectivity index (χ0v) is 16.3. The van der Waals surface area contributed by atoms with Crippen molar-refractivity contribution in [3.8, 4) is 0 Å². The summed E-state index contributed by atoms with van der Waals surface area (Å²) in [6.07, 6.45) is 3.20. The van der Waals surface area contributed by atoms with Crippen LogP contribution in [0.25, 0.3) is 6.08 Å². The zero-order valence-electron chi connectivity index (χ0n) is 16.3. The number of benzene rings is 2. The minimum absolute atomic E-state index is 0.133. The molecule has 0 aliphatic carbocycles. The second-order valence-electron chi connectivity index (χ2n) is 6.45. The number of hydrogen-bond acceptors (Lipinski definition) is 3. The Morgan fingerprint density at radius 1 is 1.04 bits per heavy atom. The van der Waals surface area contributed by atoms with Crippen molar-refractivity contribution in [3.05, 3.63) is 65.7 Å². The van der Waals surface area contributed by atoms with Gasteiger partial charge in [0, 0.05) is 42.6 Å². The van der Waals surface area contributed by atoms with Gasteiger partial charge in [0.05, 0.1) is 0 Å². The third kappa shape index (κ3) is 5.71. The molecule has 0 saturated carbocycles. The zero-order chi connectivity index (χ0) is 19.8. The molecule has 0 radical (unpaired) electrons. The average Bonchev–Trinajstić information content (AvgIpc) is 2.68. The summed E-state index contributed by atoms with van der Waals surface area (Å²) in [5, 5.41) is 5.43. The molecule has 142 valence electrons. The van der Waals surface area contributed by atoms with Crippen LogP contribution in [0.5, 0.6) is 0 Å². The number of rotatable bonds is 7. The summed E-state index contributed by atoms with van der Waals surface area (Å²) in [4.78, 5) is 25.9. The first kappa shape index (κ1) is 20.2. The quantitative estimate of drug-likeness (QED) is 0.731. The van der Waals surface area contributed by atoms with Crippen molar-refractivity contribution in [1.29, 1.82) is 0 Å². The Balaban J connectivity index is 1.97. The first-order valence-electron chi connectivity index (χ1n) is 9.12. The van der Waals surface area contributed by atoms with Crippen LogP contribution in [-0.2, 0) is 4.79 Å². The van der Waals surface area contributed by atoms with Crippen molar-refractivity contribution in [2.45, 2.75) is 26.8 Å². The molecule has 0 atom stereocenters. The van der Waals surface area contributed by atoms with E-state index >= 15 is 0 Å². The number of carbonyl (C=O) groups is 2. The van der Waals surface area contributed by atoms with Crippen LogP contribution in [0.4, 0.5) is 11.4 Å². The van der Waals surface area contributed by atoms with E-state index in [0.717, 1.165) is 23.5 Å². The maximum Gasteiger partial charge on any atom is 0.251 e. The van der Waals surface area contributed by atoms with Crippen molar-refractivity contribution in [2.75, 3.05) is 23.8 Å². The molecule has 0 bridgehead atoms. The molecule has 0 saturated heterocycles. The summed E-state index contributed by atoms with van der Waals surface area (Å²) in [5.41, 5.74) is 3.32. The molecular formula is C22H27N3O2. The van der Waals surface area contributed by atoms with Crippen LogP contribution in [0, 0.1) is 0 Å². The number of carbonyl (C=O) groups excluding carboxylic acids is 2. The van der Waals surface area contributed by atoms with Gasteiger partial charge in [-0.05, 0) is 68.8 Å². The molecule has 0 aliphatic rings. The molecule has 2 aromatic carbocycles. The van der Waals surface area contributed by atoms with Gasteiger partial charge in [0.1, 0.15) is 0 Å². The predicted octanol–water partition coefficient (Wildman–Crippen LogP) is 3.93. The maximum atomic E-state index is 12.1. The first-order chi connectivity index (χ1) is 12.9. The maximum absolute atomic E-state index is 12.1. The second-order valence-corrected chi connectivity index (χ2v) is 6.45.